The van der Waals surface area contributed by atoms with E-state index < -0.39 is 0 Å². The first-order chi connectivity index (χ1) is 8.74. The van der Waals surface area contributed by atoms with Crippen LogP contribution in [0.2, 0.25) is 0 Å². The van der Waals surface area contributed by atoms with E-state index in [-0.39, 0.29) is 5.75 Å². The molecule has 3 heteroatoms. The van der Waals surface area contributed by atoms with E-state index >= 15 is 0 Å². The minimum absolute atomic E-state index is 0.251. The molecule has 0 fully saturated rings. The van der Waals surface area contributed by atoms with Crippen LogP contribution < -0.4 is 4.74 Å². The first-order valence-corrected chi connectivity index (χ1v) is 6.15. The van der Waals surface area contributed by atoms with Crippen LogP contribution in [0.15, 0.2) is 43.5 Å². The number of phenols is 1. The summed E-state index contributed by atoms with van der Waals surface area (Å²) < 4.78 is 5.72. The summed E-state index contributed by atoms with van der Waals surface area (Å²) in [5.74, 6) is 1.05. The van der Waals surface area contributed by atoms with Crippen molar-refractivity contribution in [1.82, 2.24) is 4.90 Å². The quantitative estimate of drug-likeness (QED) is 0.808. The minimum Gasteiger partial charge on any atom is -0.508 e. The van der Waals surface area contributed by atoms with Crippen molar-refractivity contribution in [3.63, 3.8) is 0 Å². The van der Waals surface area contributed by atoms with Gasteiger partial charge in [-0.05, 0) is 18.1 Å². The van der Waals surface area contributed by atoms with Crippen molar-refractivity contribution in [3.05, 3.63) is 49.1 Å². The Morgan fingerprint density at radius 2 is 2.06 bits per heavy atom. The second-order valence-corrected chi connectivity index (χ2v) is 4.49. The Bertz CT molecular complexity index is 432. The van der Waals surface area contributed by atoms with Crippen LogP contribution in [0.3, 0.4) is 0 Å². The van der Waals surface area contributed by atoms with Gasteiger partial charge in [0, 0.05) is 25.2 Å². The van der Waals surface area contributed by atoms with Crippen molar-refractivity contribution < 1.29 is 9.84 Å². The molecule has 1 heterocycles. The third kappa shape index (κ3) is 2.74. The second-order valence-electron chi connectivity index (χ2n) is 4.49. The van der Waals surface area contributed by atoms with Gasteiger partial charge < -0.3 is 9.84 Å². The maximum absolute atomic E-state index is 9.41. The van der Waals surface area contributed by atoms with Crippen LogP contribution in [-0.4, -0.2) is 35.7 Å². The van der Waals surface area contributed by atoms with E-state index in [2.05, 4.69) is 18.1 Å². The Kier molecular flexibility index (Phi) is 4.05. The fourth-order valence-corrected chi connectivity index (χ4v) is 2.28. The zero-order valence-corrected chi connectivity index (χ0v) is 10.5. The van der Waals surface area contributed by atoms with Crippen molar-refractivity contribution in [2.45, 2.75) is 12.5 Å². The van der Waals surface area contributed by atoms with Gasteiger partial charge in [0.25, 0.3) is 0 Å². The lowest BCUT2D eigenvalue weighted by molar-refractivity contribution is 0.140. The van der Waals surface area contributed by atoms with E-state index in [0.717, 1.165) is 30.8 Å². The molecule has 0 radical (unpaired) electrons. The number of hydrogen-bond donors (Lipinski definition) is 1. The average molecular weight is 245 g/mol. The molecule has 2 rings (SSSR count). The minimum atomic E-state index is 0.251. The molecule has 0 aromatic heterocycles. The van der Waals surface area contributed by atoms with Crippen molar-refractivity contribution in [1.29, 1.82) is 0 Å². The molecule has 1 aliphatic heterocycles. The number of phenolic OH excluding ortho intramolecular Hbond substituents is 1. The van der Waals surface area contributed by atoms with Crippen molar-refractivity contribution in [2.75, 3.05) is 19.7 Å². The first-order valence-electron chi connectivity index (χ1n) is 6.15. The largest absolute Gasteiger partial charge is 0.508 e. The van der Waals surface area contributed by atoms with Gasteiger partial charge in [0.1, 0.15) is 18.1 Å². The van der Waals surface area contributed by atoms with Gasteiger partial charge in [-0.15, -0.1) is 13.2 Å². The molecule has 0 aliphatic carbocycles. The highest BCUT2D eigenvalue weighted by Gasteiger charge is 2.24. The van der Waals surface area contributed by atoms with Gasteiger partial charge in [-0.1, -0.05) is 18.2 Å². The van der Waals surface area contributed by atoms with Gasteiger partial charge in [0.2, 0.25) is 0 Å². The number of hydrogen-bond acceptors (Lipinski definition) is 3. The molecule has 0 spiro atoms. The predicted octanol–water partition coefficient (Wildman–Crippen LogP) is 2.37. The number of benzene rings is 1. The lowest BCUT2D eigenvalue weighted by Gasteiger charge is -2.33. The number of aromatic hydroxyl groups is 1. The fraction of sp³-hybridized carbons (Fsp3) is 0.333. The highest BCUT2D eigenvalue weighted by molar-refractivity contribution is 5.41. The molecule has 0 saturated carbocycles. The van der Waals surface area contributed by atoms with E-state index in [1.807, 2.05) is 18.2 Å². The molecule has 1 atom stereocenters. The molecule has 1 aromatic carbocycles. The van der Waals surface area contributed by atoms with Crippen LogP contribution in [0, 0.1) is 0 Å². The monoisotopic (exact) mass is 245 g/mol. The predicted molar refractivity (Wildman–Crippen MR) is 73.1 cm³/mol. The Hall–Kier alpha value is -1.74. The molecule has 0 saturated heterocycles. The average Bonchev–Trinajstić information content (AvgIpc) is 2.38. The number of ether oxygens (including phenoxy) is 1. The maximum atomic E-state index is 9.41. The Labute approximate surface area is 108 Å². The molecular formula is C15H19NO2. The number of rotatable bonds is 5. The molecule has 3 nitrogen and oxygen atoms in total. The lowest BCUT2D eigenvalue weighted by atomic mass is 10.0. The van der Waals surface area contributed by atoms with E-state index in [4.69, 9.17) is 4.74 Å². The highest BCUT2D eigenvalue weighted by Crippen LogP contribution is 2.29. The van der Waals surface area contributed by atoms with Crippen LogP contribution in [0.25, 0.3) is 0 Å². The van der Waals surface area contributed by atoms with Gasteiger partial charge in [0.15, 0.2) is 0 Å². The summed E-state index contributed by atoms with van der Waals surface area (Å²) in [4.78, 5) is 2.29. The van der Waals surface area contributed by atoms with E-state index in [9.17, 15) is 5.11 Å². The SMILES string of the molecule is C=CCN(CC=C)C1COc2cc(O)ccc2C1. The Morgan fingerprint density at radius 1 is 1.33 bits per heavy atom. The molecule has 0 amide bonds. The van der Waals surface area contributed by atoms with E-state index in [1.165, 1.54) is 0 Å². The topological polar surface area (TPSA) is 32.7 Å². The summed E-state index contributed by atoms with van der Waals surface area (Å²) in [5.41, 5.74) is 1.14. The summed E-state index contributed by atoms with van der Waals surface area (Å²) in [6, 6.07) is 5.64. The highest BCUT2D eigenvalue weighted by atomic mass is 16.5. The van der Waals surface area contributed by atoms with Crippen LogP contribution >= 0.6 is 0 Å². The maximum Gasteiger partial charge on any atom is 0.126 e. The summed E-state index contributed by atoms with van der Waals surface area (Å²) in [6.45, 7) is 9.86. The zero-order valence-electron chi connectivity index (χ0n) is 10.5. The molecular weight excluding hydrogens is 226 g/mol. The second kappa shape index (κ2) is 5.74. The van der Waals surface area contributed by atoms with Crippen molar-refractivity contribution in [3.8, 4) is 11.5 Å². The summed E-state index contributed by atoms with van der Waals surface area (Å²) >= 11 is 0. The van der Waals surface area contributed by atoms with E-state index in [0.29, 0.717) is 12.6 Å². The zero-order chi connectivity index (χ0) is 13.0. The normalized spacial score (nSPS) is 17.9. The third-order valence-electron chi connectivity index (χ3n) is 3.18. The molecule has 96 valence electrons. The van der Waals surface area contributed by atoms with Gasteiger partial charge >= 0.3 is 0 Å². The number of fused-ring (bicyclic) bond motifs is 1. The molecule has 1 aromatic rings. The van der Waals surface area contributed by atoms with Crippen LogP contribution in [0.1, 0.15) is 5.56 Å². The number of nitrogens with zero attached hydrogens (tertiary/aromatic N) is 1. The van der Waals surface area contributed by atoms with Gasteiger partial charge in [-0.2, -0.15) is 0 Å². The lowest BCUT2D eigenvalue weighted by Crippen LogP contribution is -2.43. The fourth-order valence-electron chi connectivity index (χ4n) is 2.28. The van der Waals surface area contributed by atoms with Crippen LogP contribution in [0.5, 0.6) is 11.5 Å². The van der Waals surface area contributed by atoms with Gasteiger partial charge in [-0.3, -0.25) is 4.90 Å². The first kappa shape index (κ1) is 12.7. The van der Waals surface area contributed by atoms with E-state index in [1.54, 1.807) is 12.1 Å². The van der Waals surface area contributed by atoms with Crippen molar-refractivity contribution in [2.24, 2.45) is 0 Å². The Morgan fingerprint density at radius 3 is 2.72 bits per heavy atom. The molecule has 1 aliphatic rings. The molecule has 18 heavy (non-hydrogen) atoms. The van der Waals surface area contributed by atoms with Gasteiger partial charge in [-0.25, -0.2) is 0 Å². The Balaban J connectivity index is 2.12. The third-order valence-corrected chi connectivity index (χ3v) is 3.18. The van der Waals surface area contributed by atoms with Crippen LogP contribution in [-0.2, 0) is 6.42 Å². The molecule has 1 N–H and O–H groups in total. The van der Waals surface area contributed by atoms with Crippen LogP contribution in [0.4, 0.5) is 0 Å². The summed E-state index contributed by atoms with van der Waals surface area (Å²) in [7, 11) is 0. The van der Waals surface area contributed by atoms with Crippen molar-refractivity contribution >= 4 is 0 Å². The summed E-state index contributed by atoms with van der Waals surface area (Å²) in [6.07, 6.45) is 4.73. The standard InChI is InChI=1S/C15H19NO2/c1-3-7-16(8-4-2)13-9-12-5-6-14(17)10-15(12)18-11-13/h3-6,10,13,17H,1-2,7-9,11H2. The molecule has 0 bridgehead atoms. The molecule has 1 unspecified atom stereocenters. The van der Waals surface area contributed by atoms with Gasteiger partial charge in [0.05, 0.1) is 0 Å². The smallest absolute Gasteiger partial charge is 0.126 e. The summed E-state index contributed by atoms with van der Waals surface area (Å²) in [5, 5.41) is 9.41.